The summed E-state index contributed by atoms with van der Waals surface area (Å²) >= 11 is 1.13. The standard InChI is InChI=1S/C24H20N4O3S/c1-16-11-13-17(14-12-16)23-27-28-24(31-23)32-15-21(29)26-20-10-6-5-9-19(20)22(30)25-18-7-3-2-4-8-18/h2-14H,15H2,1H3,(H,25,30)(H,26,29). The SMILES string of the molecule is Cc1ccc(-c2nnc(SCC(=O)Nc3ccccc3C(=O)Nc3ccccc3)o2)cc1. The van der Waals surface area contributed by atoms with E-state index in [1.807, 2.05) is 49.4 Å². The number of aryl methyl sites for hydroxylation is 1. The molecule has 32 heavy (non-hydrogen) atoms. The molecule has 0 saturated heterocycles. The van der Waals surface area contributed by atoms with Gasteiger partial charge >= 0.3 is 0 Å². The monoisotopic (exact) mass is 444 g/mol. The Kier molecular flexibility index (Phi) is 6.62. The maximum absolute atomic E-state index is 12.7. The van der Waals surface area contributed by atoms with E-state index in [-0.39, 0.29) is 17.6 Å². The number of para-hydroxylation sites is 2. The molecule has 1 aromatic heterocycles. The summed E-state index contributed by atoms with van der Waals surface area (Å²) in [6.45, 7) is 2.00. The molecule has 4 rings (SSSR count). The number of nitrogens with one attached hydrogen (secondary N) is 2. The molecule has 0 fully saturated rings. The molecule has 0 saturated carbocycles. The Bertz CT molecular complexity index is 1220. The van der Waals surface area contributed by atoms with Crippen molar-refractivity contribution in [1.29, 1.82) is 0 Å². The van der Waals surface area contributed by atoms with Crippen molar-refractivity contribution in [3.8, 4) is 11.5 Å². The van der Waals surface area contributed by atoms with Gasteiger partial charge in [-0.05, 0) is 43.3 Å². The van der Waals surface area contributed by atoms with Crippen LogP contribution in [0, 0.1) is 6.92 Å². The van der Waals surface area contributed by atoms with Gasteiger partial charge in [0.2, 0.25) is 11.8 Å². The lowest BCUT2D eigenvalue weighted by Crippen LogP contribution is -2.19. The summed E-state index contributed by atoms with van der Waals surface area (Å²) in [5, 5.41) is 13.9. The predicted molar refractivity (Wildman–Crippen MR) is 125 cm³/mol. The van der Waals surface area contributed by atoms with E-state index in [2.05, 4.69) is 20.8 Å². The average molecular weight is 445 g/mol. The number of hydrogen-bond donors (Lipinski definition) is 2. The maximum atomic E-state index is 12.7. The van der Waals surface area contributed by atoms with E-state index in [0.29, 0.717) is 28.1 Å². The van der Waals surface area contributed by atoms with Crippen LogP contribution >= 0.6 is 11.8 Å². The largest absolute Gasteiger partial charge is 0.411 e. The van der Waals surface area contributed by atoms with Gasteiger partial charge in [-0.3, -0.25) is 9.59 Å². The van der Waals surface area contributed by atoms with E-state index >= 15 is 0 Å². The van der Waals surface area contributed by atoms with E-state index in [1.165, 1.54) is 0 Å². The zero-order valence-electron chi connectivity index (χ0n) is 17.2. The van der Waals surface area contributed by atoms with Gasteiger partial charge in [-0.1, -0.05) is 59.8 Å². The molecule has 2 N–H and O–H groups in total. The fourth-order valence-electron chi connectivity index (χ4n) is 2.90. The van der Waals surface area contributed by atoms with Gasteiger partial charge in [-0.2, -0.15) is 0 Å². The molecule has 0 aliphatic carbocycles. The highest BCUT2D eigenvalue weighted by Crippen LogP contribution is 2.24. The number of rotatable bonds is 7. The molecule has 0 aliphatic rings. The summed E-state index contributed by atoms with van der Waals surface area (Å²) in [4.78, 5) is 25.1. The molecule has 0 unspecified atom stereocenters. The highest BCUT2D eigenvalue weighted by atomic mass is 32.2. The van der Waals surface area contributed by atoms with Gasteiger partial charge in [0, 0.05) is 11.3 Å². The fourth-order valence-corrected chi connectivity index (χ4v) is 3.47. The quantitative estimate of drug-likeness (QED) is 0.388. The van der Waals surface area contributed by atoms with Gasteiger partial charge in [0.25, 0.3) is 11.1 Å². The molecule has 4 aromatic rings. The third kappa shape index (κ3) is 5.41. The molecule has 0 radical (unpaired) electrons. The number of hydrogen-bond acceptors (Lipinski definition) is 6. The Morgan fingerprint density at radius 3 is 2.38 bits per heavy atom. The van der Waals surface area contributed by atoms with Crippen LogP contribution in [0.4, 0.5) is 11.4 Å². The molecule has 3 aromatic carbocycles. The first-order valence-corrected chi connectivity index (χ1v) is 10.9. The number of aromatic nitrogens is 2. The Hall–Kier alpha value is -3.91. The molecule has 0 spiro atoms. The van der Waals surface area contributed by atoms with E-state index < -0.39 is 0 Å². The van der Waals surface area contributed by atoms with Crippen LogP contribution in [0.15, 0.2) is 88.5 Å². The number of benzene rings is 3. The summed E-state index contributed by atoms with van der Waals surface area (Å²) in [5.41, 5.74) is 3.43. The van der Waals surface area contributed by atoms with Crippen molar-refractivity contribution in [1.82, 2.24) is 10.2 Å². The van der Waals surface area contributed by atoms with Crippen LogP contribution in [0.1, 0.15) is 15.9 Å². The average Bonchev–Trinajstić information content (AvgIpc) is 3.28. The van der Waals surface area contributed by atoms with Crippen molar-refractivity contribution in [3.63, 3.8) is 0 Å². The number of carbonyl (C=O) groups is 2. The van der Waals surface area contributed by atoms with Crippen LogP contribution in [0.25, 0.3) is 11.5 Å². The van der Waals surface area contributed by atoms with Crippen LogP contribution in [0.3, 0.4) is 0 Å². The van der Waals surface area contributed by atoms with Crippen LogP contribution < -0.4 is 10.6 Å². The van der Waals surface area contributed by atoms with Crippen LogP contribution in [-0.4, -0.2) is 27.8 Å². The van der Waals surface area contributed by atoms with Crippen molar-refractivity contribution in [3.05, 3.63) is 90.0 Å². The van der Waals surface area contributed by atoms with Crippen LogP contribution in [-0.2, 0) is 4.79 Å². The first-order chi connectivity index (χ1) is 15.6. The van der Waals surface area contributed by atoms with E-state index in [0.717, 1.165) is 22.9 Å². The lowest BCUT2D eigenvalue weighted by Gasteiger charge is -2.11. The van der Waals surface area contributed by atoms with Crippen molar-refractivity contribution in [2.75, 3.05) is 16.4 Å². The highest BCUT2D eigenvalue weighted by Gasteiger charge is 2.15. The zero-order chi connectivity index (χ0) is 22.3. The molecule has 0 bridgehead atoms. The lowest BCUT2D eigenvalue weighted by atomic mass is 10.1. The molecule has 7 nitrogen and oxygen atoms in total. The van der Waals surface area contributed by atoms with Crippen LogP contribution in [0.5, 0.6) is 0 Å². The molecule has 0 atom stereocenters. The Labute approximate surface area is 189 Å². The molecular formula is C24H20N4O3S. The van der Waals surface area contributed by atoms with Gasteiger partial charge < -0.3 is 15.1 Å². The zero-order valence-corrected chi connectivity index (χ0v) is 18.1. The fraction of sp³-hybridized carbons (Fsp3) is 0.0833. The van der Waals surface area contributed by atoms with Crippen LogP contribution in [0.2, 0.25) is 0 Å². The number of carbonyl (C=O) groups excluding carboxylic acids is 2. The number of anilines is 2. The second-order valence-electron chi connectivity index (χ2n) is 6.94. The third-order valence-corrected chi connectivity index (χ3v) is 5.33. The minimum Gasteiger partial charge on any atom is -0.411 e. The second-order valence-corrected chi connectivity index (χ2v) is 7.87. The number of thioether (sulfide) groups is 1. The summed E-state index contributed by atoms with van der Waals surface area (Å²) in [7, 11) is 0. The Balaban J connectivity index is 1.37. The van der Waals surface area contributed by atoms with Crippen molar-refractivity contribution >= 4 is 35.0 Å². The normalized spacial score (nSPS) is 10.5. The molecule has 0 aliphatic heterocycles. The summed E-state index contributed by atoms with van der Waals surface area (Å²) < 4.78 is 5.64. The molecular weight excluding hydrogens is 424 g/mol. The van der Waals surface area contributed by atoms with Crippen molar-refractivity contribution in [2.45, 2.75) is 12.1 Å². The molecule has 8 heteroatoms. The first-order valence-electron chi connectivity index (χ1n) is 9.87. The molecule has 160 valence electrons. The van der Waals surface area contributed by atoms with Gasteiger partial charge in [0.15, 0.2) is 0 Å². The third-order valence-electron chi connectivity index (χ3n) is 4.51. The maximum Gasteiger partial charge on any atom is 0.277 e. The van der Waals surface area contributed by atoms with E-state index in [4.69, 9.17) is 4.42 Å². The summed E-state index contributed by atoms with van der Waals surface area (Å²) in [6, 6.07) is 23.7. The minimum absolute atomic E-state index is 0.0597. The minimum atomic E-state index is -0.306. The summed E-state index contributed by atoms with van der Waals surface area (Å²) in [5.74, 6) is -0.134. The second kappa shape index (κ2) is 9.93. The Morgan fingerprint density at radius 2 is 1.59 bits per heavy atom. The highest BCUT2D eigenvalue weighted by molar-refractivity contribution is 7.99. The van der Waals surface area contributed by atoms with Gasteiger partial charge in [0.1, 0.15) is 0 Å². The van der Waals surface area contributed by atoms with Crippen molar-refractivity contribution < 1.29 is 14.0 Å². The van der Waals surface area contributed by atoms with Crippen molar-refractivity contribution in [2.24, 2.45) is 0 Å². The lowest BCUT2D eigenvalue weighted by molar-refractivity contribution is -0.113. The van der Waals surface area contributed by atoms with Gasteiger partial charge in [-0.25, -0.2) is 0 Å². The Morgan fingerprint density at radius 1 is 0.875 bits per heavy atom. The molecule has 1 heterocycles. The topological polar surface area (TPSA) is 97.1 Å². The first kappa shape index (κ1) is 21.3. The predicted octanol–water partition coefficient (Wildman–Crippen LogP) is 5.03. The smallest absolute Gasteiger partial charge is 0.277 e. The van der Waals surface area contributed by atoms with Gasteiger partial charge in [0.05, 0.1) is 17.0 Å². The number of amides is 2. The summed E-state index contributed by atoms with van der Waals surface area (Å²) in [6.07, 6.45) is 0. The number of nitrogens with zero attached hydrogens (tertiary/aromatic N) is 2. The van der Waals surface area contributed by atoms with E-state index in [9.17, 15) is 9.59 Å². The molecule has 2 amide bonds. The van der Waals surface area contributed by atoms with Gasteiger partial charge in [-0.15, -0.1) is 10.2 Å². The van der Waals surface area contributed by atoms with E-state index in [1.54, 1.807) is 36.4 Å².